The summed E-state index contributed by atoms with van der Waals surface area (Å²) in [5, 5.41) is 2.53. The quantitative estimate of drug-likeness (QED) is 0.661. The average molecular weight is 420 g/mol. The number of benzene rings is 2. The van der Waals surface area contributed by atoms with Crippen molar-refractivity contribution in [2.45, 2.75) is 11.8 Å². The molecule has 2 rings (SSSR count). The van der Waals surface area contributed by atoms with Gasteiger partial charge in [-0.2, -0.15) is 0 Å². The van der Waals surface area contributed by atoms with Crippen LogP contribution >= 0.6 is 0 Å². The Hall–Kier alpha value is -3.07. The van der Waals surface area contributed by atoms with Crippen molar-refractivity contribution in [1.29, 1.82) is 0 Å². The Morgan fingerprint density at radius 2 is 1.76 bits per heavy atom. The molecule has 1 atom stereocenters. The molecule has 0 spiro atoms. The summed E-state index contributed by atoms with van der Waals surface area (Å²) in [6.45, 7) is 0.893. The van der Waals surface area contributed by atoms with Crippen LogP contribution < -0.4 is 5.32 Å². The number of carbonyl (C=O) groups is 3. The first-order chi connectivity index (χ1) is 13.8. The van der Waals surface area contributed by atoms with E-state index in [2.05, 4.69) is 5.32 Å². The van der Waals surface area contributed by atoms with Gasteiger partial charge < -0.3 is 15.0 Å². The van der Waals surface area contributed by atoms with Crippen molar-refractivity contribution in [1.82, 2.24) is 4.90 Å². The van der Waals surface area contributed by atoms with Gasteiger partial charge in [-0.1, -0.05) is 19.1 Å². The number of esters is 1. The van der Waals surface area contributed by atoms with Crippen LogP contribution in [0.4, 0.5) is 10.1 Å². The summed E-state index contributed by atoms with van der Waals surface area (Å²) in [6, 6.07) is 11.5. The Kier molecular flexibility index (Phi) is 8.02. The van der Waals surface area contributed by atoms with Gasteiger partial charge >= 0.3 is 5.97 Å². The molecule has 0 heterocycles. The van der Waals surface area contributed by atoms with E-state index < -0.39 is 41.0 Å². The summed E-state index contributed by atoms with van der Waals surface area (Å²) in [4.78, 5) is 37.8. The molecular formula is C20H21FN2O5S. The fraction of sp³-hybridized carbons (Fsp3) is 0.250. The highest BCUT2D eigenvalue weighted by molar-refractivity contribution is 7.85. The minimum absolute atomic E-state index is 0.136. The first-order valence-corrected chi connectivity index (χ1v) is 10.1. The third kappa shape index (κ3) is 6.49. The summed E-state index contributed by atoms with van der Waals surface area (Å²) in [5.74, 6) is -1.92. The summed E-state index contributed by atoms with van der Waals surface area (Å²) < 4.78 is 29.9. The second kappa shape index (κ2) is 10.5. The summed E-state index contributed by atoms with van der Waals surface area (Å²) in [5.41, 5.74) is 0.529. The summed E-state index contributed by atoms with van der Waals surface area (Å²) in [7, 11) is 0.0424. The topological polar surface area (TPSA) is 92.8 Å². The van der Waals surface area contributed by atoms with Gasteiger partial charge in [-0.3, -0.25) is 13.8 Å². The van der Waals surface area contributed by atoms with Crippen molar-refractivity contribution in [3.8, 4) is 0 Å². The molecule has 0 saturated carbocycles. The van der Waals surface area contributed by atoms with Crippen LogP contribution in [0.3, 0.4) is 0 Å². The predicted molar refractivity (Wildman–Crippen MR) is 106 cm³/mol. The minimum Gasteiger partial charge on any atom is -0.452 e. The van der Waals surface area contributed by atoms with Gasteiger partial charge in [0.1, 0.15) is 5.82 Å². The molecule has 0 saturated heterocycles. The van der Waals surface area contributed by atoms with E-state index in [4.69, 9.17) is 4.74 Å². The lowest BCUT2D eigenvalue weighted by molar-refractivity contribution is -0.136. The van der Waals surface area contributed by atoms with Crippen molar-refractivity contribution in [3.63, 3.8) is 0 Å². The van der Waals surface area contributed by atoms with Crippen molar-refractivity contribution in [2.75, 3.05) is 31.3 Å². The first-order valence-electron chi connectivity index (χ1n) is 8.75. The van der Waals surface area contributed by atoms with Crippen molar-refractivity contribution >= 4 is 34.3 Å². The van der Waals surface area contributed by atoms with Crippen LogP contribution in [0.2, 0.25) is 0 Å². The van der Waals surface area contributed by atoms with E-state index >= 15 is 0 Å². The largest absolute Gasteiger partial charge is 0.452 e. The van der Waals surface area contributed by atoms with E-state index in [-0.39, 0.29) is 12.1 Å². The molecule has 2 aromatic rings. The maximum absolute atomic E-state index is 12.9. The van der Waals surface area contributed by atoms with Gasteiger partial charge in [0, 0.05) is 18.5 Å². The lowest BCUT2D eigenvalue weighted by Crippen LogP contribution is -2.37. The number of amides is 2. The lowest BCUT2D eigenvalue weighted by Gasteiger charge is -2.17. The summed E-state index contributed by atoms with van der Waals surface area (Å²) >= 11 is 0. The van der Waals surface area contributed by atoms with E-state index in [1.54, 1.807) is 25.1 Å². The standard InChI is InChI=1S/C20H21FN2O5S/c1-3-29(27)17-7-5-4-6-16(17)20(26)28-13-19(25)23(2)12-18(24)22-15-10-8-14(21)9-11-15/h4-11H,3,12-13H2,1-2H3,(H,22,24)/t29-/m0/s1. The summed E-state index contributed by atoms with van der Waals surface area (Å²) in [6.07, 6.45) is 0. The van der Waals surface area contributed by atoms with Crippen molar-refractivity contribution < 1.29 is 27.7 Å². The molecule has 0 aromatic heterocycles. The van der Waals surface area contributed by atoms with Gasteiger partial charge in [-0.15, -0.1) is 0 Å². The number of hydrogen-bond donors (Lipinski definition) is 1. The van der Waals surface area contributed by atoms with Crippen LogP contribution in [-0.2, 0) is 25.1 Å². The van der Waals surface area contributed by atoms with E-state index in [0.717, 1.165) is 4.90 Å². The number of rotatable bonds is 8. The molecule has 0 fully saturated rings. The molecule has 0 aliphatic rings. The van der Waals surface area contributed by atoms with E-state index in [1.165, 1.54) is 37.4 Å². The van der Waals surface area contributed by atoms with Crippen LogP contribution in [0.15, 0.2) is 53.4 Å². The highest BCUT2D eigenvalue weighted by atomic mass is 32.2. The van der Waals surface area contributed by atoms with E-state index in [1.807, 2.05) is 0 Å². The van der Waals surface area contributed by atoms with Crippen molar-refractivity contribution in [3.05, 3.63) is 59.9 Å². The molecule has 2 aromatic carbocycles. The van der Waals surface area contributed by atoms with Gasteiger partial charge in [-0.25, -0.2) is 9.18 Å². The second-order valence-electron chi connectivity index (χ2n) is 6.01. The molecule has 154 valence electrons. The Labute approximate surface area is 170 Å². The number of nitrogens with zero attached hydrogens (tertiary/aromatic N) is 1. The third-order valence-electron chi connectivity index (χ3n) is 3.88. The number of anilines is 1. The minimum atomic E-state index is -1.35. The van der Waals surface area contributed by atoms with Crippen LogP contribution in [-0.4, -0.2) is 52.8 Å². The smallest absolute Gasteiger partial charge is 0.339 e. The van der Waals surface area contributed by atoms with Crippen molar-refractivity contribution in [2.24, 2.45) is 0 Å². The average Bonchev–Trinajstić information content (AvgIpc) is 2.72. The Balaban J connectivity index is 1.88. The fourth-order valence-corrected chi connectivity index (χ4v) is 3.28. The van der Waals surface area contributed by atoms with Gasteiger partial charge in [0.05, 0.1) is 27.8 Å². The molecule has 0 bridgehead atoms. The molecule has 1 N–H and O–H groups in total. The van der Waals surface area contributed by atoms with E-state index in [0.29, 0.717) is 16.3 Å². The first kappa shape index (κ1) is 22.2. The molecule has 2 amide bonds. The number of ether oxygens (including phenoxy) is 1. The van der Waals surface area contributed by atoms with Crippen LogP contribution in [0, 0.1) is 5.82 Å². The Morgan fingerprint density at radius 1 is 1.10 bits per heavy atom. The number of likely N-dealkylation sites (N-methyl/N-ethyl adjacent to an activating group) is 1. The van der Waals surface area contributed by atoms with Crippen LogP contribution in [0.5, 0.6) is 0 Å². The van der Waals surface area contributed by atoms with Crippen LogP contribution in [0.25, 0.3) is 0 Å². The van der Waals surface area contributed by atoms with Gasteiger partial charge in [0.15, 0.2) is 6.61 Å². The molecule has 0 unspecified atom stereocenters. The number of nitrogens with one attached hydrogen (secondary N) is 1. The molecule has 0 aliphatic heterocycles. The molecule has 0 aliphatic carbocycles. The lowest BCUT2D eigenvalue weighted by atomic mass is 10.2. The number of carbonyl (C=O) groups excluding carboxylic acids is 3. The third-order valence-corrected chi connectivity index (χ3v) is 5.25. The molecule has 29 heavy (non-hydrogen) atoms. The fourth-order valence-electron chi connectivity index (χ4n) is 2.34. The highest BCUT2D eigenvalue weighted by Gasteiger charge is 2.19. The predicted octanol–water partition coefficient (Wildman–Crippen LogP) is 2.21. The van der Waals surface area contributed by atoms with Gasteiger partial charge in [-0.05, 0) is 36.4 Å². The molecule has 9 heteroatoms. The van der Waals surface area contributed by atoms with Gasteiger partial charge in [0.2, 0.25) is 5.91 Å². The van der Waals surface area contributed by atoms with Gasteiger partial charge in [0.25, 0.3) is 5.91 Å². The number of halogens is 1. The van der Waals surface area contributed by atoms with Crippen LogP contribution in [0.1, 0.15) is 17.3 Å². The SMILES string of the molecule is CC[S@](=O)c1ccccc1C(=O)OCC(=O)N(C)CC(=O)Nc1ccc(F)cc1. The zero-order valence-electron chi connectivity index (χ0n) is 16.0. The Morgan fingerprint density at radius 3 is 2.41 bits per heavy atom. The molecule has 0 radical (unpaired) electrons. The Bertz CT molecular complexity index is 917. The second-order valence-corrected chi connectivity index (χ2v) is 7.72. The maximum atomic E-state index is 12.9. The zero-order valence-corrected chi connectivity index (χ0v) is 16.8. The maximum Gasteiger partial charge on any atom is 0.339 e. The zero-order chi connectivity index (χ0) is 21.4. The number of hydrogen-bond acceptors (Lipinski definition) is 5. The molecule has 7 nitrogen and oxygen atoms in total. The normalized spacial score (nSPS) is 11.4. The monoisotopic (exact) mass is 420 g/mol. The van der Waals surface area contributed by atoms with E-state index in [9.17, 15) is 23.0 Å². The highest BCUT2D eigenvalue weighted by Crippen LogP contribution is 2.15. The molecular weight excluding hydrogens is 399 g/mol.